The van der Waals surface area contributed by atoms with E-state index in [0.29, 0.717) is 28.8 Å². The molecular formula is C27H28N2O6. The lowest BCUT2D eigenvalue weighted by molar-refractivity contribution is -0.119. The van der Waals surface area contributed by atoms with Crippen molar-refractivity contribution in [2.45, 2.75) is 19.8 Å². The molecule has 0 saturated carbocycles. The number of hydrogen-bond donors (Lipinski definition) is 2. The van der Waals surface area contributed by atoms with E-state index in [2.05, 4.69) is 24.5 Å². The molecule has 0 spiro atoms. The number of carbonyl (C=O) groups is 3. The number of methoxy groups -OCH3 is 1. The van der Waals surface area contributed by atoms with Crippen LogP contribution in [0.25, 0.3) is 0 Å². The molecule has 3 aromatic carbocycles. The van der Waals surface area contributed by atoms with Crippen molar-refractivity contribution < 1.29 is 28.6 Å². The van der Waals surface area contributed by atoms with Crippen molar-refractivity contribution in [1.29, 1.82) is 0 Å². The molecule has 0 atom stereocenters. The topological polar surface area (TPSA) is 103 Å². The largest absolute Gasteiger partial charge is 0.497 e. The second-order valence-electron chi connectivity index (χ2n) is 7.99. The van der Waals surface area contributed by atoms with E-state index in [1.807, 2.05) is 24.3 Å². The van der Waals surface area contributed by atoms with Gasteiger partial charge in [-0.2, -0.15) is 0 Å². The Kier molecular flexibility index (Phi) is 8.83. The number of nitrogens with one attached hydrogen (secondary N) is 2. The number of rotatable bonds is 10. The minimum Gasteiger partial charge on any atom is -0.497 e. The summed E-state index contributed by atoms with van der Waals surface area (Å²) in [5.74, 6) is 0.0179. The summed E-state index contributed by atoms with van der Waals surface area (Å²) in [6, 6.07) is 20.6. The summed E-state index contributed by atoms with van der Waals surface area (Å²) in [6.07, 6.45) is 0. The maximum Gasteiger partial charge on any atom is 0.338 e. The molecule has 0 radical (unpaired) electrons. The van der Waals surface area contributed by atoms with E-state index in [0.717, 1.165) is 0 Å². The Hall–Kier alpha value is -4.33. The van der Waals surface area contributed by atoms with Crippen molar-refractivity contribution in [3.63, 3.8) is 0 Å². The molecule has 0 aliphatic rings. The minimum absolute atomic E-state index is 0.209. The first-order chi connectivity index (χ1) is 16.8. The molecule has 8 heteroatoms. The average Bonchev–Trinajstić information content (AvgIpc) is 2.86. The van der Waals surface area contributed by atoms with Crippen LogP contribution in [0, 0.1) is 0 Å². The van der Waals surface area contributed by atoms with Crippen LogP contribution in [-0.2, 0) is 14.3 Å². The minimum atomic E-state index is -0.641. The van der Waals surface area contributed by atoms with Gasteiger partial charge >= 0.3 is 5.97 Å². The van der Waals surface area contributed by atoms with E-state index in [1.165, 1.54) is 17.7 Å². The molecular weight excluding hydrogens is 448 g/mol. The lowest BCUT2D eigenvalue weighted by Gasteiger charge is -2.10. The molecule has 0 aliphatic carbocycles. The van der Waals surface area contributed by atoms with Crippen molar-refractivity contribution in [2.24, 2.45) is 0 Å². The summed E-state index contributed by atoms with van der Waals surface area (Å²) >= 11 is 0. The zero-order valence-electron chi connectivity index (χ0n) is 19.9. The molecule has 0 fully saturated rings. The number of anilines is 2. The van der Waals surface area contributed by atoms with E-state index in [4.69, 9.17) is 14.2 Å². The van der Waals surface area contributed by atoms with E-state index >= 15 is 0 Å². The van der Waals surface area contributed by atoms with Gasteiger partial charge in [-0.05, 0) is 60.0 Å². The van der Waals surface area contributed by atoms with Crippen molar-refractivity contribution in [3.05, 3.63) is 83.9 Å². The molecule has 0 heterocycles. The van der Waals surface area contributed by atoms with Gasteiger partial charge in [0.2, 0.25) is 0 Å². The molecule has 3 aromatic rings. The van der Waals surface area contributed by atoms with Gasteiger partial charge in [-0.3, -0.25) is 9.59 Å². The van der Waals surface area contributed by atoms with Gasteiger partial charge < -0.3 is 24.8 Å². The third kappa shape index (κ3) is 7.89. The Morgan fingerprint density at radius 2 is 1.43 bits per heavy atom. The molecule has 0 aromatic heterocycles. The first kappa shape index (κ1) is 25.3. The molecule has 35 heavy (non-hydrogen) atoms. The van der Waals surface area contributed by atoms with Crippen LogP contribution in [0.1, 0.15) is 35.7 Å². The van der Waals surface area contributed by atoms with Gasteiger partial charge in [-0.25, -0.2) is 4.79 Å². The van der Waals surface area contributed by atoms with Crippen molar-refractivity contribution in [1.82, 2.24) is 0 Å². The van der Waals surface area contributed by atoms with E-state index in [-0.39, 0.29) is 18.1 Å². The maximum atomic E-state index is 12.2. The van der Waals surface area contributed by atoms with Crippen molar-refractivity contribution in [2.75, 3.05) is 31.0 Å². The number of hydrogen-bond acceptors (Lipinski definition) is 6. The Morgan fingerprint density at radius 3 is 2.09 bits per heavy atom. The molecule has 0 unspecified atom stereocenters. The van der Waals surface area contributed by atoms with Gasteiger partial charge in [-0.15, -0.1) is 0 Å². The van der Waals surface area contributed by atoms with Gasteiger partial charge in [0.1, 0.15) is 11.5 Å². The summed E-state index contributed by atoms with van der Waals surface area (Å²) < 4.78 is 15.7. The fraction of sp³-hybridized carbons (Fsp3) is 0.222. The van der Waals surface area contributed by atoms with Gasteiger partial charge in [0.15, 0.2) is 13.2 Å². The fourth-order valence-electron chi connectivity index (χ4n) is 3.10. The first-order valence-corrected chi connectivity index (χ1v) is 11.1. The maximum absolute atomic E-state index is 12.2. The van der Waals surface area contributed by atoms with Crippen LogP contribution < -0.4 is 20.1 Å². The molecule has 0 bridgehead atoms. The molecule has 0 aliphatic heterocycles. The summed E-state index contributed by atoms with van der Waals surface area (Å²) in [5.41, 5.74) is 2.65. The van der Waals surface area contributed by atoms with E-state index < -0.39 is 18.5 Å². The smallest absolute Gasteiger partial charge is 0.338 e. The third-order valence-electron chi connectivity index (χ3n) is 5.01. The Bertz CT molecular complexity index is 1160. The number of amides is 2. The molecule has 2 N–H and O–H groups in total. The number of ether oxygens (including phenoxy) is 3. The SMILES string of the molecule is COc1cccc(NC(=O)COc2ccc(C(=O)OCC(=O)Nc3ccc(C(C)C)cc3)cc2)c1. The second kappa shape index (κ2) is 12.2. The van der Waals surface area contributed by atoms with Crippen LogP contribution in [-0.4, -0.2) is 38.1 Å². The number of benzene rings is 3. The molecule has 2 amide bonds. The third-order valence-corrected chi connectivity index (χ3v) is 5.01. The summed E-state index contributed by atoms with van der Waals surface area (Å²) in [5, 5.41) is 5.41. The van der Waals surface area contributed by atoms with Crippen LogP contribution in [0.2, 0.25) is 0 Å². The Morgan fingerprint density at radius 1 is 0.771 bits per heavy atom. The van der Waals surface area contributed by atoms with Crippen LogP contribution in [0.3, 0.4) is 0 Å². The second-order valence-corrected chi connectivity index (χ2v) is 7.99. The standard InChI is InChI=1S/C27H28N2O6/c1-18(2)19-7-11-21(12-8-19)28-26(31)17-35-27(32)20-9-13-23(14-10-20)34-16-25(30)29-22-5-4-6-24(15-22)33-3/h4-15,18H,16-17H2,1-3H3,(H,28,31)(H,29,30). The average molecular weight is 477 g/mol. The fourth-order valence-corrected chi connectivity index (χ4v) is 3.10. The Labute approximate surface area is 204 Å². The van der Waals surface area contributed by atoms with Gasteiger partial charge in [0, 0.05) is 17.4 Å². The van der Waals surface area contributed by atoms with Crippen LogP contribution in [0.4, 0.5) is 11.4 Å². The van der Waals surface area contributed by atoms with Gasteiger partial charge in [0.05, 0.1) is 12.7 Å². The van der Waals surface area contributed by atoms with Crippen LogP contribution in [0.15, 0.2) is 72.8 Å². The summed E-state index contributed by atoms with van der Waals surface area (Å²) in [6.45, 7) is 3.56. The first-order valence-electron chi connectivity index (χ1n) is 11.1. The Balaban J connectivity index is 1.42. The van der Waals surface area contributed by atoms with Crippen molar-refractivity contribution in [3.8, 4) is 11.5 Å². The molecule has 8 nitrogen and oxygen atoms in total. The number of esters is 1. The number of carbonyl (C=O) groups excluding carboxylic acids is 3. The molecule has 182 valence electrons. The highest BCUT2D eigenvalue weighted by atomic mass is 16.5. The van der Waals surface area contributed by atoms with Crippen molar-refractivity contribution >= 4 is 29.2 Å². The lowest BCUT2D eigenvalue weighted by Crippen LogP contribution is -2.21. The van der Waals surface area contributed by atoms with Crippen LogP contribution in [0.5, 0.6) is 11.5 Å². The predicted molar refractivity (Wildman–Crippen MR) is 133 cm³/mol. The highest BCUT2D eigenvalue weighted by Crippen LogP contribution is 2.18. The summed E-state index contributed by atoms with van der Waals surface area (Å²) in [4.78, 5) is 36.4. The highest BCUT2D eigenvalue weighted by Gasteiger charge is 2.12. The van der Waals surface area contributed by atoms with Gasteiger partial charge in [-0.1, -0.05) is 32.0 Å². The summed E-state index contributed by atoms with van der Waals surface area (Å²) in [7, 11) is 1.55. The van der Waals surface area contributed by atoms with Gasteiger partial charge in [0.25, 0.3) is 11.8 Å². The van der Waals surface area contributed by atoms with E-state index in [1.54, 1.807) is 43.5 Å². The zero-order chi connectivity index (χ0) is 25.2. The predicted octanol–water partition coefficient (Wildman–Crippen LogP) is 4.63. The monoisotopic (exact) mass is 476 g/mol. The zero-order valence-corrected chi connectivity index (χ0v) is 19.9. The van der Waals surface area contributed by atoms with Crippen LogP contribution >= 0.6 is 0 Å². The highest BCUT2D eigenvalue weighted by molar-refractivity contribution is 5.95. The normalized spacial score (nSPS) is 10.4. The van der Waals surface area contributed by atoms with E-state index in [9.17, 15) is 14.4 Å². The molecule has 0 saturated heterocycles. The molecule has 3 rings (SSSR count). The quantitative estimate of drug-likeness (QED) is 0.414. The lowest BCUT2D eigenvalue weighted by atomic mass is 10.0.